The highest BCUT2D eigenvalue weighted by molar-refractivity contribution is 6.31. The van der Waals surface area contributed by atoms with Gasteiger partial charge in [0.2, 0.25) is 0 Å². The molecule has 0 spiro atoms. The summed E-state index contributed by atoms with van der Waals surface area (Å²) >= 11 is 6.26. The van der Waals surface area contributed by atoms with Crippen LogP contribution in [-0.4, -0.2) is 13.1 Å². The topological polar surface area (TPSA) is 12.0 Å². The number of rotatable bonds is 0. The van der Waals surface area contributed by atoms with Crippen LogP contribution in [0.4, 0.5) is 0 Å². The second kappa shape index (κ2) is 3.23. The molecule has 0 aromatic heterocycles. The summed E-state index contributed by atoms with van der Waals surface area (Å²) < 4.78 is 0. The van der Waals surface area contributed by atoms with E-state index in [0.717, 1.165) is 24.5 Å². The van der Waals surface area contributed by atoms with Crippen LogP contribution in [0.15, 0.2) is 18.2 Å². The molecule has 1 aromatic carbocycles. The Labute approximate surface area is 95.8 Å². The predicted octanol–water partition coefficient (Wildman–Crippen LogP) is 2.98. The van der Waals surface area contributed by atoms with Crippen molar-refractivity contribution in [1.29, 1.82) is 0 Å². The van der Waals surface area contributed by atoms with Crippen LogP contribution in [0.2, 0.25) is 5.02 Å². The standard InChI is InChI=1S/C13H16ClN/c1-13-6-5-10-9(3-2-4-12(10)14)11(13)7-15-8-13/h2-4,11,15H,5-8H2,1H3/t11-,13+/m1/s1. The molecule has 1 aliphatic heterocycles. The lowest BCUT2D eigenvalue weighted by atomic mass is 9.67. The molecule has 0 saturated carbocycles. The number of halogens is 1. The van der Waals surface area contributed by atoms with Crippen molar-refractivity contribution in [3.05, 3.63) is 34.3 Å². The van der Waals surface area contributed by atoms with Gasteiger partial charge in [-0.1, -0.05) is 30.7 Å². The smallest absolute Gasteiger partial charge is 0.0440 e. The predicted molar refractivity (Wildman–Crippen MR) is 63.5 cm³/mol. The second-order valence-electron chi connectivity index (χ2n) is 5.15. The van der Waals surface area contributed by atoms with Gasteiger partial charge in [0, 0.05) is 24.0 Å². The van der Waals surface area contributed by atoms with Gasteiger partial charge in [0.25, 0.3) is 0 Å². The average Bonchev–Trinajstić information content (AvgIpc) is 2.60. The minimum Gasteiger partial charge on any atom is -0.316 e. The summed E-state index contributed by atoms with van der Waals surface area (Å²) in [6.45, 7) is 4.68. The van der Waals surface area contributed by atoms with E-state index < -0.39 is 0 Å². The van der Waals surface area contributed by atoms with Gasteiger partial charge >= 0.3 is 0 Å². The van der Waals surface area contributed by atoms with E-state index in [1.165, 1.54) is 17.5 Å². The average molecular weight is 222 g/mol. The first kappa shape index (κ1) is 9.68. The molecule has 0 bridgehead atoms. The summed E-state index contributed by atoms with van der Waals surface area (Å²) in [5.41, 5.74) is 3.34. The normalized spacial score (nSPS) is 33.6. The molecule has 2 aliphatic rings. The van der Waals surface area contributed by atoms with Gasteiger partial charge in [-0.05, 0) is 35.4 Å². The lowest BCUT2D eigenvalue weighted by Gasteiger charge is -2.37. The summed E-state index contributed by atoms with van der Waals surface area (Å²) in [6, 6.07) is 6.37. The minimum absolute atomic E-state index is 0.456. The number of fused-ring (bicyclic) bond motifs is 3. The number of benzene rings is 1. The lowest BCUT2D eigenvalue weighted by molar-refractivity contribution is 0.277. The van der Waals surface area contributed by atoms with Crippen LogP contribution in [0, 0.1) is 5.41 Å². The Morgan fingerprint density at radius 3 is 3.20 bits per heavy atom. The molecule has 1 N–H and O–H groups in total. The van der Waals surface area contributed by atoms with Crippen LogP contribution in [0.1, 0.15) is 30.4 Å². The highest BCUT2D eigenvalue weighted by Gasteiger charge is 2.43. The fourth-order valence-corrected chi connectivity index (χ4v) is 3.47. The van der Waals surface area contributed by atoms with E-state index >= 15 is 0 Å². The van der Waals surface area contributed by atoms with E-state index in [4.69, 9.17) is 11.6 Å². The third-order valence-corrected chi connectivity index (χ3v) is 4.55. The molecule has 1 aromatic rings. The van der Waals surface area contributed by atoms with Gasteiger partial charge in [-0.25, -0.2) is 0 Å². The lowest BCUT2D eigenvalue weighted by Crippen LogP contribution is -2.30. The van der Waals surface area contributed by atoms with E-state index in [1.54, 1.807) is 0 Å². The van der Waals surface area contributed by atoms with Gasteiger partial charge in [0.15, 0.2) is 0 Å². The van der Waals surface area contributed by atoms with Gasteiger partial charge in [0.05, 0.1) is 0 Å². The van der Waals surface area contributed by atoms with Crippen molar-refractivity contribution in [3.63, 3.8) is 0 Å². The maximum Gasteiger partial charge on any atom is 0.0440 e. The van der Waals surface area contributed by atoms with E-state index in [2.05, 4.69) is 24.4 Å². The van der Waals surface area contributed by atoms with Gasteiger partial charge in [-0.2, -0.15) is 0 Å². The molecule has 80 valence electrons. The Kier molecular flexibility index (Phi) is 2.08. The van der Waals surface area contributed by atoms with Crippen molar-refractivity contribution in [2.24, 2.45) is 5.41 Å². The first-order valence-corrected chi connectivity index (χ1v) is 6.06. The monoisotopic (exact) mass is 221 g/mol. The fraction of sp³-hybridized carbons (Fsp3) is 0.538. The zero-order chi connectivity index (χ0) is 10.5. The van der Waals surface area contributed by atoms with Crippen molar-refractivity contribution in [2.45, 2.75) is 25.7 Å². The number of hydrogen-bond donors (Lipinski definition) is 1. The fourth-order valence-electron chi connectivity index (χ4n) is 3.20. The molecule has 1 nitrogen and oxygen atoms in total. The quantitative estimate of drug-likeness (QED) is 0.710. The van der Waals surface area contributed by atoms with Gasteiger partial charge in [0.1, 0.15) is 0 Å². The van der Waals surface area contributed by atoms with Gasteiger partial charge in [-0.3, -0.25) is 0 Å². The Hall–Kier alpha value is -0.530. The van der Waals surface area contributed by atoms with Crippen LogP contribution in [0.3, 0.4) is 0 Å². The summed E-state index contributed by atoms with van der Waals surface area (Å²) in [7, 11) is 0. The largest absolute Gasteiger partial charge is 0.316 e. The summed E-state index contributed by atoms with van der Waals surface area (Å²) in [5.74, 6) is 0.667. The third-order valence-electron chi connectivity index (χ3n) is 4.20. The third kappa shape index (κ3) is 1.33. The van der Waals surface area contributed by atoms with Gasteiger partial charge in [-0.15, -0.1) is 0 Å². The Morgan fingerprint density at radius 1 is 1.47 bits per heavy atom. The summed E-state index contributed by atoms with van der Waals surface area (Å²) in [5, 5.41) is 4.48. The van der Waals surface area contributed by atoms with E-state index in [0.29, 0.717) is 11.3 Å². The molecular weight excluding hydrogens is 206 g/mol. The Balaban J connectivity index is 2.13. The molecule has 1 fully saturated rings. The van der Waals surface area contributed by atoms with Crippen molar-refractivity contribution in [1.82, 2.24) is 5.32 Å². The second-order valence-corrected chi connectivity index (χ2v) is 5.55. The Bertz CT molecular complexity index is 402. The maximum absolute atomic E-state index is 6.26. The molecule has 15 heavy (non-hydrogen) atoms. The molecule has 0 radical (unpaired) electrons. The van der Waals surface area contributed by atoms with Crippen LogP contribution in [0.5, 0.6) is 0 Å². The summed E-state index contributed by atoms with van der Waals surface area (Å²) in [4.78, 5) is 0. The molecule has 0 amide bonds. The SMILES string of the molecule is C[C@@]12CCc3c(Cl)cccc3[C@H]1CNC2. The summed E-state index contributed by atoms with van der Waals surface area (Å²) in [6.07, 6.45) is 2.41. The van der Waals surface area contributed by atoms with E-state index in [-0.39, 0.29) is 0 Å². The van der Waals surface area contributed by atoms with E-state index in [9.17, 15) is 0 Å². The Morgan fingerprint density at radius 2 is 2.33 bits per heavy atom. The van der Waals surface area contributed by atoms with E-state index in [1.807, 2.05) is 6.07 Å². The highest BCUT2D eigenvalue weighted by atomic mass is 35.5. The van der Waals surface area contributed by atoms with Crippen LogP contribution >= 0.6 is 11.6 Å². The minimum atomic E-state index is 0.456. The molecule has 2 heteroatoms. The molecule has 3 rings (SSSR count). The maximum atomic E-state index is 6.26. The number of nitrogens with one attached hydrogen (secondary N) is 1. The molecular formula is C13H16ClN. The van der Waals surface area contributed by atoms with Crippen molar-refractivity contribution in [3.8, 4) is 0 Å². The molecule has 1 saturated heterocycles. The van der Waals surface area contributed by atoms with Crippen LogP contribution in [0.25, 0.3) is 0 Å². The highest BCUT2D eigenvalue weighted by Crippen LogP contribution is 2.48. The molecule has 0 unspecified atom stereocenters. The van der Waals surface area contributed by atoms with Crippen LogP contribution < -0.4 is 5.32 Å². The van der Waals surface area contributed by atoms with Crippen molar-refractivity contribution in [2.75, 3.05) is 13.1 Å². The van der Waals surface area contributed by atoms with Crippen molar-refractivity contribution < 1.29 is 0 Å². The first-order chi connectivity index (χ1) is 7.21. The van der Waals surface area contributed by atoms with Gasteiger partial charge < -0.3 is 5.32 Å². The zero-order valence-corrected chi connectivity index (χ0v) is 9.77. The number of hydrogen-bond acceptors (Lipinski definition) is 1. The molecule has 2 atom stereocenters. The van der Waals surface area contributed by atoms with Crippen LogP contribution in [-0.2, 0) is 6.42 Å². The zero-order valence-electron chi connectivity index (χ0n) is 9.02. The van der Waals surface area contributed by atoms with Crippen molar-refractivity contribution >= 4 is 11.6 Å². The molecule has 1 aliphatic carbocycles. The molecule has 1 heterocycles. The first-order valence-electron chi connectivity index (χ1n) is 5.69.